The van der Waals surface area contributed by atoms with Gasteiger partial charge in [-0.15, -0.1) is 0 Å². The molecule has 6 rings (SSSR count). The first-order chi connectivity index (χ1) is 25.0. The van der Waals surface area contributed by atoms with Crippen LogP contribution in [-0.2, 0) is 0 Å². The number of H-pyrrole nitrogens is 1. The molecule has 6 aromatic rings. The topological polar surface area (TPSA) is 51.7 Å². The Morgan fingerprint density at radius 2 is 1.43 bits per heavy atom. The van der Waals surface area contributed by atoms with Gasteiger partial charge in [0.25, 0.3) is 0 Å². The molecule has 0 radical (unpaired) electrons. The third kappa shape index (κ3) is 7.29. The molecule has 1 heterocycles. The van der Waals surface area contributed by atoms with E-state index in [4.69, 9.17) is 5.41 Å². The zero-order valence-corrected chi connectivity index (χ0v) is 29.5. The number of nitrogens with one attached hydrogen (secondary N) is 3. The number of allylic oxidation sites excluding steroid dienone is 12. The lowest BCUT2D eigenvalue weighted by molar-refractivity contribution is 1.36. The van der Waals surface area contributed by atoms with E-state index in [-0.39, 0.29) is 0 Å². The van der Waals surface area contributed by atoms with Crippen LogP contribution in [0.4, 0.5) is 11.4 Å². The summed E-state index contributed by atoms with van der Waals surface area (Å²) in [6, 6.07) is 37.9. The van der Waals surface area contributed by atoms with Crippen molar-refractivity contribution < 1.29 is 0 Å². The van der Waals surface area contributed by atoms with Gasteiger partial charge in [0.1, 0.15) is 0 Å². The lowest BCUT2D eigenvalue weighted by Crippen LogP contribution is -2.00. The first-order valence-electron chi connectivity index (χ1n) is 17.3. The average Bonchev–Trinajstić information content (AvgIpc) is 3.70. The van der Waals surface area contributed by atoms with E-state index in [0.29, 0.717) is 5.71 Å². The van der Waals surface area contributed by atoms with Crippen molar-refractivity contribution in [3.8, 4) is 0 Å². The number of hydrogen-bond donors (Lipinski definition) is 3. The van der Waals surface area contributed by atoms with Gasteiger partial charge in [-0.2, -0.15) is 0 Å². The van der Waals surface area contributed by atoms with Crippen LogP contribution < -0.4 is 5.32 Å². The molecule has 1 aromatic heterocycles. The van der Waals surface area contributed by atoms with Crippen molar-refractivity contribution in [3.63, 3.8) is 0 Å². The first-order valence-corrected chi connectivity index (χ1v) is 17.3. The molecule has 3 N–H and O–H groups in total. The molecule has 0 amide bonds. The molecular formula is C48H43N3. The predicted molar refractivity (Wildman–Crippen MR) is 224 cm³/mol. The van der Waals surface area contributed by atoms with Crippen molar-refractivity contribution in [1.29, 1.82) is 5.41 Å². The minimum absolute atomic E-state index is 0.482. The summed E-state index contributed by atoms with van der Waals surface area (Å²) in [6.45, 7) is 14.7. The molecule has 0 unspecified atom stereocenters. The summed E-state index contributed by atoms with van der Waals surface area (Å²) >= 11 is 0. The van der Waals surface area contributed by atoms with E-state index in [2.05, 4.69) is 139 Å². The quantitative estimate of drug-likeness (QED) is 0.0887. The van der Waals surface area contributed by atoms with Crippen LogP contribution >= 0.6 is 0 Å². The van der Waals surface area contributed by atoms with Gasteiger partial charge in [-0.05, 0) is 89.7 Å². The monoisotopic (exact) mass is 661 g/mol. The molecule has 0 spiro atoms. The van der Waals surface area contributed by atoms with Crippen LogP contribution in [-0.4, -0.2) is 10.7 Å². The third-order valence-electron chi connectivity index (χ3n) is 9.08. The highest BCUT2D eigenvalue weighted by atomic mass is 14.9. The van der Waals surface area contributed by atoms with Crippen molar-refractivity contribution >= 4 is 60.9 Å². The lowest BCUT2D eigenvalue weighted by Gasteiger charge is -2.18. The Morgan fingerprint density at radius 1 is 0.667 bits per heavy atom. The Labute approximate surface area is 301 Å². The van der Waals surface area contributed by atoms with Crippen molar-refractivity contribution in [2.45, 2.75) is 20.8 Å². The molecule has 0 saturated carbocycles. The molecule has 0 aliphatic heterocycles. The van der Waals surface area contributed by atoms with E-state index in [1.807, 2.05) is 69.5 Å². The van der Waals surface area contributed by atoms with Crippen LogP contribution in [0.5, 0.6) is 0 Å². The molecular weight excluding hydrogens is 619 g/mol. The van der Waals surface area contributed by atoms with Crippen LogP contribution in [0.25, 0.3) is 43.8 Å². The minimum Gasteiger partial charge on any atom is -0.361 e. The van der Waals surface area contributed by atoms with Gasteiger partial charge < -0.3 is 15.7 Å². The van der Waals surface area contributed by atoms with Crippen molar-refractivity contribution in [2.75, 3.05) is 5.32 Å². The van der Waals surface area contributed by atoms with E-state index < -0.39 is 0 Å². The second-order valence-corrected chi connectivity index (χ2v) is 12.3. The summed E-state index contributed by atoms with van der Waals surface area (Å²) in [6.07, 6.45) is 18.1. The molecule has 0 fully saturated rings. The lowest BCUT2D eigenvalue weighted by atomic mass is 9.92. The fourth-order valence-corrected chi connectivity index (χ4v) is 6.59. The van der Waals surface area contributed by atoms with Gasteiger partial charge in [-0.3, -0.25) is 0 Å². The maximum atomic E-state index is 8.62. The van der Waals surface area contributed by atoms with Crippen molar-refractivity contribution in [3.05, 3.63) is 205 Å². The number of hydrogen-bond acceptors (Lipinski definition) is 2. The summed E-state index contributed by atoms with van der Waals surface area (Å²) in [5.41, 5.74) is 11.6. The van der Waals surface area contributed by atoms with Crippen LogP contribution in [0.2, 0.25) is 0 Å². The first kappa shape index (κ1) is 34.4. The van der Waals surface area contributed by atoms with E-state index in [1.54, 1.807) is 0 Å². The van der Waals surface area contributed by atoms with E-state index >= 15 is 0 Å². The summed E-state index contributed by atoms with van der Waals surface area (Å²) in [7, 11) is 0. The van der Waals surface area contributed by atoms with Gasteiger partial charge in [0.15, 0.2) is 0 Å². The van der Waals surface area contributed by atoms with Gasteiger partial charge in [0.2, 0.25) is 0 Å². The zero-order chi connectivity index (χ0) is 35.7. The van der Waals surface area contributed by atoms with Gasteiger partial charge in [-0.25, -0.2) is 0 Å². The van der Waals surface area contributed by atoms with E-state index in [9.17, 15) is 0 Å². The molecule has 3 heteroatoms. The summed E-state index contributed by atoms with van der Waals surface area (Å²) < 4.78 is 0. The SMILES string of the molecule is C=C/C(=C(\C=C/C)c1ccc2c(Nc3cccc4ccccc34)c(C(=C)/C=C\C(=C/C)c3ccccc3C(=N)/C=C\C)ccc2c1)c1ccc[nH]1. The van der Waals surface area contributed by atoms with Gasteiger partial charge in [0.05, 0.1) is 11.4 Å². The van der Waals surface area contributed by atoms with Crippen LogP contribution in [0, 0.1) is 5.41 Å². The molecule has 0 bridgehead atoms. The number of fused-ring (bicyclic) bond motifs is 2. The number of anilines is 2. The molecule has 0 saturated heterocycles. The fraction of sp³-hybridized carbons (Fsp3) is 0.0625. The Hall–Kier alpha value is -6.45. The third-order valence-corrected chi connectivity index (χ3v) is 9.08. The number of rotatable bonds is 12. The Bertz CT molecular complexity index is 2400. The molecule has 51 heavy (non-hydrogen) atoms. The second kappa shape index (κ2) is 15.8. The van der Waals surface area contributed by atoms with Gasteiger partial charge in [0, 0.05) is 45.1 Å². The van der Waals surface area contributed by atoms with Crippen LogP contribution in [0.3, 0.4) is 0 Å². The molecule has 3 nitrogen and oxygen atoms in total. The maximum absolute atomic E-state index is 8.62. The highest BCUT2D eigenvalue weighted by molar-refractivity contribution is 6.10. The second-order valence-electron chi connectivity index (χ2n) is 12.3. The molecule has 250 valence electrons. The van der Waals surface area contributed by atoms with Gasteiger partial charge >= 0.3 is 0 Å². The Kier molecular flexibility index (Phi) is 10.7. The highest BCUT2D eigenvalue weighted by Gasteiger charge is 2.15. The largest absolute Gasteiger partial charge is 0.361 e. The Morgan fingerprint density at radius 3 is 2.18 bits per heavy atom. The van der Waals surface area contributed by atoms with Crippen LogP contribution in [0.15, 0.2) is 177 Å². The fourth-order valence-electron chi connectivity index (χ4n) is 6.59. The molecule has 0 aliphatic rings. The van der Waals surface area contributed by atoms with Crippen LogP contribution in [0.1, 0.15) is 48.7 Å². The molecule has 5 aromatic carbocycles. The molecule has 0 aliphatic carbocycles. The predicted octanol–water partition coefficient (Wildman–Crippen LogP) is 13.4. The summed E-state index contributed by atoms with van der Waals surface area (Å²) in [5.74, 6) is 0. The minimum atomic E-state index is 0.482. The highest BCUT2D eigenvalue weighted by Crippen LogP contribution is 2.39. The smallest absolute Gasteiger partial charge is 0.0615 e. The number of benzene rings is 5. The normalized spacial score (nSPS) is 12.6. The Balaban J connectivity index is 1.48. The zero-order valence-electron chi connectivity index (χ0n) is 29.5. The van der Waals surface area contributed by atoms with Crippen molar-refractivity contribution in [1.82, 2.24) is 4.98 Å². The number of aromatic amines is 1. The average molecular weight is 662 g/mol. The molecule has 0 atom stereocenters. The standard InChI is InChI=1S/C48H43N3/c1-6-16-40(38(9-4)46-24-15-31-50-46)36-28-30-43-37(32-36)27-29-39(48(43)51-47-23-14-19-35-18-10-11-21-42(35)47)33(5)25-26-34(8-3)41-20-12-13-22-44(41)45(49)17-7-2/h6-32,49-51H,4-5H2,1-3H3/b16-6-,17-7-,26-25-,34-8+,40-38-,49-45?. The van der Waals surface area contributed by atoms with Crippen molar-refractivity contribution in [2.24, 2.45) is 0 Å². The summed E-state index contributed by atoms with van der Waals surface area (Å²) in [5, 5.41) is 17.0. The number of aromatic nitrogens is 1. The van der Waals surface area contributed by atoms with Gasteiger partial charge in [-0.1, -0.05) is 141 Å². The summed E-state index contributed by atoms with van der Waals surface area (Å²) in [4.78, 5) is 3.35. The van der Waals surface area contributed by atoms with E-state index in [0.717, 1.165) is 77.8 Å². The maximum Gasteiger partial charge on any atom is 0.0615 e. The van der Waals surface area contributed by atoms with E-state index in [1.165, 1.54) is 5.39 Å².